The Balaban J connectivity index is 1.36. The summed E-state index contributed by atoms with van der Waals surface area (Å²) in [7, 11) is 0. The summed E-state index contributed by atoms with van der Waals surface area (Å²) < 4.78 is 21.8. The molecule has 33 heavy (non-hydrogen) atoms. The predicted octanol–water partition coefficient (Wildman–Crippen LogP) is 4.55. The van der Waals surface area contributed by atoms with Gasteiger partial charge in [0.2, 0.25) is 0 Å². The molecular formula is C24H25ClFN5O2. The summed E-state index contributed by atoms with van der Waals surface area (Å²) in [5.41, 5.74) is 2.35. The summed E-state index contributed by atoms with van der Waals surface area (Å²) in [6.07, 6.45) is 1.68. The van der Waals surface area contributed by atoms with E-state index in [2.05, 4.69) is 15.5 Å². The van der Waals surface area contributed by atoms with E-state index in [0.717, 1.165) is 35.6 Å². The minimum Gasteiger partial charge on any atom is -0.374 e. The molecule has 3 aromatic rings. The third-order valence-corrected chi connectivity index (χ3v) is 6.64. The van der Waals surface area contributed by atoms with E-state index >= 15 is 0 Å². The number of nitrogens with zero attached hydrogens (tertiary/aromatic N) is 4. The lowest BCUT2D eigenvalue weighted by Gasteiger charge is -2.31. The molecule has 2 aliphatic rings. The van der Waals surface area contributed by atoms with Crippen LogP contribution in [0, 0.1) is 12.7 Å². The van der Waals surface area contributed by atoms with Gasteiger partial charge in [-0.2, -0.15) is 0 Å². The number of halogens is 2. The molecule has 2 unspecified atom stereocenters. The van der Waals surface area contributed by atoms with Crippen molar-refractivity contribution in [1.29, 1.82) is 0 Å². The molecule has 1 fully saturated rings. The molecule has 1 saturated heterocycles. The zero-order valence-corrected chi connectivity index (χ0v) is 19.1. The Morgan fingerprint density at radius 3 is 2.88 bits per heavy atom. The maximum atomic E-state index is 14.2. The Morgan fingerprint density at radius 1 is 1.24 bits per heavy atom. The van der Waals surface area contributed by atoms with Crippen LogP contribution in [0.2, 0.25) is 5.02 Å². The first-order chi connectivity index (χ1) is 16.0. The van der Waals surface area contributed by atoms with Crippen molar-refractivity contribution in [3.05, 3.63) is 81.6 Å². The molecule has 2 amide bonds. The lowest BCUT2D eigenvalue weighted by molar-refractivity contribution is 0.0788. The van der Waals surface area contributed by atoms with E-state index in [0.29, 0.717) is 30.3 Å². The molecule has 0 radical (unpaired) electrons. The van der Waals surface area contributed by atoms with E-state index in [1.54, 1.807) is 11.0 Å². The minimum absolute atomic E-state index is 0.185. The number of carbonyl (C=O) groups excluding carboxylic acids is 1. The fourth-order valence-electron chi connectivity index (χ4n) is 4.66. The topological polar surface area (TPSA) is 72.3 Å². The molecule has 2 atom stereocenters. The molecule has 5 rings (SSSR count). The minimum atomic E-state index is -0.396. The Kier molecular flexibility index (Phi) is 6.03. The molecular weight excluding hydrogens is 445 g/mol. The zero-order valence-electron chi connectivity index (χ0n) is 18.3. The normalized spacial score (nSPS) is 20.0. The van der Waals surface area contributed by atoms with Crippen molar-refractivity contribution in [3.63, 3.8) is 0 Å². The fraction of sp³-hybridized carbons (Fsp3) is 0.375. The Labute approximate surface area is 196 Å². The van der Waals surface area contributed by atoms with Crippen molar-refractivity contribution in [1.82, 2.24) is 25.0 Å². The lowest BCUT2D eigenvalue weighted by Crippen LogP contribution is -2.44. The first-order valence-electron chi connectivity index (χ1n) is 11.1. The first-order valence-corrected chi connectivity index (χ1v) is 11.5. The van der Waals surface area contributed by atoms with Crippen molar-refractivity contribution in [3.8, 4) is 0 Å². The lowest BCUT2D eigenvalue weighted by atomic mass is 9.98. The summed E-state index contributed by atoms with van der Waals surface area (Å²) >= 11 is 6.02. The smallest absolute Gasteiger partial charge is 0.318 e. The highest BCUT2D eigenvalue weighted by Crippen LogP contribution is 2.33. The molecule has 0 bridgehead atoms. The third kappa shape index (κ3) is 4.32. The molecule has 0 saturated carbocycles. The van der Waals surface area contributed by atoms with Gasteiger partial charge in [-0.05, 0) is 49.1 Å². The van der Waals surface area contributed by atoms with E-state index in [1.165, 1.54) is 6.07 Å². The van der Waals surface area contributed by atoms with Crippen LogP contribution in [-0.2, 0) is 17.9 Å². The Bertz CT molecular complexity index is 1170. The van der Waals surface area contributed by atoms with Crippen LogP contribution in [0.1, 0.15) is 53.3 Å². The van der Waals surface area contributed by atoms with Gasteiger partial charge in [-0.3, -0.25) is 0 Å². The van der Waals surface area contributed by atoms with Crippen LogP contribution in [0.5, 0.6) is 0 Å². The molecule has 2 aliphatic heterocycles. The number of nitrogens with one attached hydrogen (secondary N) is 1. The zero-order chi connectivity index (χ0) is 22.9. The fourth-order valence-corrected chi connectivity index (χ4v) is 4.79. The maximum Gasteiger partial charge on any atom is 0.318 e. The SMILES string of the molecule is Cc1nnc(C2CCCN2C(=O)NC2COCc3c(F)cccc32)n1Cc1ccc(Cl)cc1. The number of amides is 2. The monoisotopic (exact) mass is 469 g/mol. The second-order valence-corrected chi connectivity index (χ2v) is 8.93. The van der Waals surface area contributed by atoms with Gasteiger partial charge in [0.15, 0.2) is 5.82 Å². The van der Waals surface area contributed by atoms with Crippen LogP contribution in [0.4, 0.5) is 9.18 Å². The van der Waals surface area contributed by atoms with E-state index in [9.17, 15) is 9.18 Å². The second-order valence-electron chi connectivity index (χ2n) is 8.49. The van der Waals surface area contributed by atoms with Gasteiger partial charge in [-0.25, -0.2) is 9.18 Å². The predicted molar refractivity (Wildman–Crippen MR) is 121 cm³/mol. The van der Waals surface area contributed by atoms with Gasteiger partial charge in [0, 0.05) is 17.1 Å². The van der Waals surface area contributed by atoms with Gasteiger partial charge in [-0.1, -0.05) is 35.9 Å². The average molecular weight is 470 g/mol. The maximum absolute atomic E-state index is 14.2. The molecule has 3 heterocycles. The van der Waals surface area contributed by atoms with Gasteiger partial charge < -0.3 is 19.5 Å². The van der Waals surface area contributed by atoms with E-state index in [4.69, 9.17) is 16.3 Å². The number of hydrogen-bond donors (Lipinski definition) is 1. The van der Waals surface area contributed by atoms with Gasteiger partial charge >= 0.3 is 6.03 Å². The number of carbonyl (C=O) groups is 1. The summed E-state index contributed by atoms with van der Waals surface area (Å²) in [5.74, 6) is 1.25. The molecule has 1 aromatic heterocycles. The molecule has 0 aliphatic carbocycles. The van der Waals surface area contributed by atoms with Gasteiger partial charge in [0.25, 0.3) is 0 Å². The van der Waals surface area contributed by atoms with E-state index in [1.807, 2.05) is 41.8 Å². The highest BCUT2D eigenvalue weighted by atomic mass is 35.5. The number of hydrogen-bond acceptors (Lipinski definition) is 4. The van der Waals surface area contributed by atoms with Gasteiger partial charge in [0.1, 0.15) is 11.6 Å². The molecule has 1 N–H and O–H groups in total. The van der Waals surface area contributed by atoms with Crippen LogP contribution in [0.3, 0.4) is 0 Å². The molecule has 9 heteroatoms. The number of likely N-dealkylation sites (tertiary alicyclic amines) is 1. The van der Waals surface area contributed by atoms with Crippen LogP contribution in [-0.4, -0.2) is 38.8 Å². The van der Waals surface area contributed by atoms with Crippen molar-refractivity contribution in [2.24, 2.45) is 0 Å². The van der Waals surface area contributed by atoms with Crippen molar-refractivity contribution >= 4 is 17.6 Å². The molecule has 2 aromatic carbocycles. The van der Waals surface area contributed by atoms with Crippen LogP contribution < -0.4 is 5.32 Å². The molecule has 7 nitrogen and oxygen atoms in total. The van der Waals surface area contributed by atoms with E-state index in [-0.39, 0.29) is 24.5 Å². The van der Waals surface area contributed by atoms with E-state index < -0.39 is 6.04 Å². The largest absolute Gasteiger partial charge is 0.374 e. The number of aryl methyl sites for hydroxylation is 1. The Morgan fingerprint density at radius 2 is 2.06 bits per heavy atom. The van der Waals surface area contributed by atoms with Crippen molar-refractivity contribution in [2.75, 3.05) is 13.2 Å². The van der Waals surface area contributed by atoms with Gasteiger partial charge in [-0.15, -0.1) is 10.2 Å². The third-order valence-electron chi connectivity index (χ3n) is 6.39. The Hall–Kier alpha value is -2.97. The van der Waals surface area contributed by atoms with Crippen molar-refractivity contribution in [2.45, 2.75) is 45.0 Å². The number of aromatic nitrogens is 3. The number of ether oxygens (including phenoxy) is 1. The molecule has 172 valence electrons. The van der Waals surface area contributed by atoms with Crippen LogP contribution in [0.15, 0.2) is 42.5 Å². The average Bonchev–Trinajstić information content (AvgIpc) is 3.43. The van der Waals surface area contributed by atoms with Crippen LogP contribution in [0.25, 0.3) is 0 Å². The number of urea groups is 1. The van der Waals surface area contributed by atoms with Crippen LogP contribution >= 0.6 is 11.6 Å². The highest BCUT2D eigenvalue weighted by molar-refractivity contribution is 6.30. The summed E-state index contributed by atoms with van der Waals surface area (Å²) in [5, 5.41) is 12.5. The summed E-state index contributed by atoms with van der Waals surface area (Å²) in [6.45, 7) is 3.66. The molecule has 0 spiro atoms. The quantitative estimate of drug-likeness (QED) is 0.608. The van der Waals surface area contributed by atoms with Gasteiger partial charge in [0.05, 0.1) is 31.8 Å². The number of fused-ring (bicyclic) bond motifs is 1. The number of rotatable bonds is 4. The van der Waals surface area contributed by atoms with Crippen molar-refractivity contribution < 1.29 is 13.9 Å². The second kappa shape index (κ2) is 9.11. The number of benzene rings is 2. The standard InChI is InChI=1S/C24H25ClFN5O2/c1-15-28-29-23(31(15)12-16-7-9-17(25)10-8-16)22-6-3-11-30(22)24(32)27-21-14-33-13-19-18(21)4-2-5-20(19)26/h2,4-5,7-10,21-22H,3,6,11-14H2,1H3,(H,27,32). The summed E-state index contributed by atoms with van der Waals surface area (Å²) in [4.78, 5) is 15.1. The summed E-state index contributed by atoms with van der Waals surface area (Å²) in [6, 6.07) is 11.8. The highest BCUT2D eigenvalue weighted by Gasteiger charge is 2.35. The first kappa shape index (κ1) is 21.9.